The molecule has 0 bridgehead atoms. The van der Waals surface area contributed by atoms with E-state index in [1.807, 2.05) is 6.07 Å². The fraction of sp³-hybridized carbons (Fsp3) is 0.571. The van der Waals surface area contributed by atoms with Gasteiger partial charge in [-0.2, -0.15) is 0 Å². The standard InChI is InChI=1S/C14H20BrN3O/c1-2-12-5-3-4-8-18(12)10-14(19)17-13-7-6-11(15)9-16-13/h6-7,9,12H,2-5,8,10H2,1H3,(H,16,17,19)/t12-/m0/s1. The summed E-state index contributed by atoms with van der Waals surface area (Å²) in [5.74, 6) is 0.633. The zero-order valence-electron chi connectivity index (χ0n) is 11.2. The molecule has 1 saturated heterocycles. The SMILES string of the molecule is CC[C@H]1CCCCN1CC(=O)Nc1ccc(Br)cn1. The van der Waals surface area contributed by atoms with Crippen LogP contribution in [0, 0.1) is 0 Å². The Morgan fingerprint density at radius 2 is 2.37 bits per heavy atom. The van der Waals surface area contributed by atoms with Gasteiger partial charge in [0.25, 0.3) is 0 Å². The molecule has 19 heavy (non-hydrogen) atoms. The predicted molar refractivity (Wildman–Crippen MR) is 80.1 cm³/mol. The second kappa shape index (κ2) is 7.01. The minimum atomic E-state index is 0.0233. The van der Waals surface area contributed by atoms with Gasteiger partial charge in [-0.1, -0.05) is 13.3 Å². The Morgan fingerprint density at radius 1 is 1.53 bits per heavy atom. The number of carbonyl (C=O) groups is 1. The van der Waals surface area contributed by atoms with Gasteiger partial charge in [-0.15, -0.1) is 0 Å². The van der Waals surface area contributed by atoms with Crippen molar-refractivity contribution in [3.8, 4) is 0 Å². The molecule has 2 rings (SSSR count). The monoisotopic (exact) mass is 325 g/mol. The Labute approximate surface area is 122 Å². The minimum absolute atomic E-state index is 0.0233. The summed E-state index contributed by atoms with van der Waals surface area (Å²) in [5, 5.41) is 2.85. The van der Waals surface area contributed by atoms with Crippen molar-refractivity contribution in [1.29, 1.82) is 0 Å². The molecule has 1 aromatic heterocycles. The summed E-state index contributed by atoms with van der Waals surface area (Å²) >= 11 is 3.33. The second-order valence-corrected chi connectivity index (χ2v) is 5.85. The molecule has 1 N–H and O–H groups in total. The van der Waals surface area contributed by atoms with E-state index < -0.39 is 0 Å². The molecule has 0 unspecified atom stereocenters. The Hall–Kier alpha value is -0.940. The molecule has 1 aliphatic heterocycles. The lowest BCUT2D eigenvalue weighted by molar-refractivity contribution is -0.118. The van der Waals surface area contributed by atoms with Gasteiger partial charge in [0.05, 0.1) is 6.54 Å². The molecule has 0 aromatic carbocycles. The van der Waals surface area contributed by atoms with Crippen molar-refractivity contribution in [3.05, 3.63) is 22.8 Å². The first-order valence-electron chi connectivity index (χ1n) is 6.84. The molecule has 104 valence electrons. The molecule has 1 fully saturated rings. The summed E-state index contributed by atoms with van der Waals surface area (Å²) in [4.78, 5) is 18.5. The maximum absolute atomic E-state index is 12.0. The van der Waals surface area contributed by atoms with Gasteiger partial charge in [0.15, 0.2) is 0 Å². The first-order valence-corrected chi connectivity index (χ1v) is 7.64. The lowest BCUT2D eigenvalue weighted by Crippen LogP contribution is -2.43. The third-order valence-corrected chi connectivity index (χ3v) is 4.03. The maximum Gasteiger partial charge on any atom is 0.239 e. The van der Waals surface area contributed by atoms with E-state index in [1.54, 1.807) is 12.3 Å². The van der Waals surface area contributed by atoms with Crippen molar-refractivity contribution in [2.45, 2.75) is 38.6 Å². The van der Waals surface area contributed by atoms with E-state index in [2.05, 4.69) is 38.1 Å². The zero-order chi connectivity index (χ0) is 13.7. The molecule has 2 heterocycles. The van der Waals surface area contributed by atoms with E-state index in [9.17, 15) is 4.79 Å². The third kappa shape index (κ3) is 4.28. The van der Waals surface area contributed by atoms with Crippen molar-refractivity contribution in [2.24, 2.45) is 0 Å². The van der Waals surface area contributed by atoms with Crippen LogP contribution in [0.1, 0.15) is 32.6 Å². The number of halogens is 1. The Balaban J connectivity index is 1.88. The number of amides is 1. The number of nitrogens with zero attached hydrogens (tertiary/aromatic N) is 2. The Bertz CT molecular complexity index is 421. The number of rotatable bonds is 4. The molecule has 0 spiro atoms. The molecule has 4 nitrogen and oxygen atoms in total. The number of nitrogens with one attached hydrogen (secondary N) is 1. The van der Waals surface area contributed by atoms with E-state index in [4.69, 9.17) is 0 Å². The molecule has 0 saturated carbocycles. The highest BCUT2D eigenvalue weighted by atomic mass is 79.9. The number of aromatic nitrogens is 1. The first kappa shape index (κ1) is 14.5. The highest BCUT2D eigenvalue weighted by Gasteiger charge is 2.22. The van der Waals surface area contributed by atoms with Gasteiger partial charge < -0.3 is 5.32 Å². The number of hydrogen-bond acceptors (Lipinski definition) is 3. The summed E-state index contributed by atoms with van der Waals surface area (Å²) in [6.07, 6.45) is 6.49. The van der Waals surface area contributed by atoms with Gasteiger partial charge in [0.1, 0.15) is 5.82 Å². The zero-order valence-corrected chi connectivity index (χ0v) is 12.8. The Morgan fingerprint density at radius 3 is 3.05 bits per heavy atom. The van der Waals surface area contributed by atoms with Crippen LogP contribution in [0.25, 0.3) is 0 Å². The van der Waals surface area contributed by atoms with Gasteiger partial charge >= 0.3 is 0 Å². The van der Waals surface area contributed by atoms with Crippen LogP contribution in [-0.4, -0.2) is 34.9 Å². The summed E-state index contributed by atoms with van der Waals surface area (Å²) in [5.41, 5.74) is 0. The van der Waals surface area contributed by atoms with Crippen LogP contribution in [0.4, 0.5) is 5.82 Å². The van der Waals surface area contributed by atoms with Crippen LogP contribution in [-0.2, 0) is 4.79 Å². The third-order valence-electron chi connectivity index (χ3n) is 3.56. The van der Waals surface area contributed by atoms with Crippen molar-refractivity contribution in [2.75, 3.05) is 18.4 Å². The van der Waals surface area contributed by atoms with E-state index >= 15 is 0 Å². The van der Waals surface area contributed by atoms with Crippen LogP contribution in [0.5, 0.6) is 0 Å². The quantitative estimate of drug-likeness (QED) is 0.925. The lowest BCUT2D eigenvalue weighted by Gasteiger charge is -2.34. The van der Waals surface area contributed by atoms with Gasteiger partial charge in [-0.05, 0) is 53.9 Å². The topological polar surface area (TPSA) is 45.2 Å². The molecule has 1 aliphatic rings. The van der Waals surface area contributed by atoms with Gasteiger partial charge in [-0.25, -0.2) is 4.98 Å². The summed E-state index contributed by atoms with van der Waals surface area (Å²) in [7, 11) is 0. The fourth-order valence-electron chi connectivity index (χ4n) is 2.55. The van der Waals surface area contributed by atoms with Crippen molar-refractivity contribution in [3.63, 3.8) is 0 Å². The number of hydrogen-bond donors (Lipinski definition) is 1. The number of pyridine rings is 1. The first-order chi connectivity index (χ1) is 9.19. The van der Waals surface area contributed by atoms with Crippen LogP contribution >= 0.6 is 15.9 Å². The van der Waals surface area contributed by atoms with E-state index in [0.717, 1.165) is 17.4 Å². The van der Waals surface area contributed by atoms with E-state index in [1.165, 1.54) is 19.3 Å². The van der Waals surface area contributed by atoms with Crippen molar-refractivity contribution >= 4 is 27.7 Å². The number of carbonyl (C=O) groups excluding carboxylic acids is 1. The largest absolute Gasteiger partial charge is 0.310 e. The highest BCUT2D eigenvalue weighted by Crippen LogP contribution is 2.19. The highest BCUT2D eigenvalue weighted by molar-refractivity contribution is 9.10. The number of piperidine rings is 1. The van der Waals surface area contributed by atoms with Crippen LogP contribution in [0.3, 0.4) is 0 Å². The number of anilines is 1. The average Bonchev–Trinajstić information content (AvgIpc) is 2.42. The lowest BCUT2D eigenvalue weighted by atomic mass is 10.0. The maximum atomic E-state index is 12.0. The molecular formula is C14H20BrN3O. The summed E-state index contributed by atoms with van der Waals surface area (Å²) < 4.78 is 0.910. The van der Waals surface area contributed by atoms with Gasteiger partial charge in [-0.3, -0.25) is 9.69 Å². The van der Waals surface area contributed by atoms with E-state index in [-0.39, 0.29) is 5.91 Å². The smallest absolute Gasteiger partial charge is 0.239 e. The van der Waals surface area contributed by atoms with Crippen LogP contribution < -0.4 is 5.32 Å². The fourth-order valence-corrected chi connectivity index (χ4v) is 2.78. The molecule has 5 heteroatoms. The second-order valence-electron chi connectivity index (χ2n) is 4.94. The van der Waals surface area contributed by atoms with Crippen molar-refractivity contribution in [1.82, 2.24) is 9.88 Å². The molecule has 1 aromatic rings. The van der Waals surface area contributed by atoms with Crippen LogP contribution in [0.2, 0.25) is 0 Å². The minimum Gasteiger partial charge on any atom is -0.310 e. The molecular weight excluding hydrogens is 306 g/mol. The summed E-state index contributed by atoms with van der Waals surface area (Å²) in [6.45, 7) is 3.69. The van der Waals surface area contributed by atoms with Gasteiger partial charge in [0.2, 0.25) is 5.91 Å². The normalized spacial score (nSPS) is 20.2. The van der Waals surface area contributed by atoms with E-state index in [0.29, 0.717) is 18.4 Å². The summed E-state index contributed by atoms with van der Waals surface area (Å²) in [6, 6.07) is 4.23. The predicted octanol–water partition coefficient (Wildman–Crippen LogP) is 3.05. The van der Waals surface area contributed by atoms with Crippen LogP contribution in [0.15, 0.2) is 22.8 Å². The Kier molecular flexibility index (Phi) is 5.34. The molecule has 1 amide bonds. The van der Waals surface area contributed by atoms with Gasteiger partial charge in [0, 0.05) is 16.7 Å². The molecule has 0 aliphatic carbocycles. The molecule has 1 atom stereocenters. The number of likely N-dealkylation sites (tertiary alicyclic amines) is 1. The van der Waals surface area contributed by atoms with Crippen molar-refractivity contribution < 1.29 is 4.79 Å². The average molecular weight is 326 g/mol. The molecule has 0 radical (unpaired) electrons.